The Morgan fingerprint density at radius 1 is 1.25 bits per heavy atom. The Morgan fingerprint density at radius 3 is 2.90 bits per heavy atom. The van der Waals surface area contributed by atoms with Crippen LogP contribution in [0.15, 0.2) is 32.7 Å². The van der Waals surface area contributed by atoms with Crippen molar-refractivity contribution >= 4 is 43.2 Å². The highest BCUT2D eigenvalue weighted by Gasteiger charge is 2.13. The minimum absolute atomic E-state index is 0.780. The average molecular weight is 348 g/mol. The molecule has 1 aromatic carbocycles. The summed E-state index contributed by atoms with van der Waals surface area (Å²) in [4.78, 5) is 5.39. The number of aromatic nitrogens is 3. The van der Waals surface area contributed by atoms with Crippen LogP contribution in [0.25, 0.3) is 27.4 Å². The second kappa shape index (κ2) is 4.17. The highest BCUT2D eigenvalue weighted by Crippen LogP contribution is 2.31. The van der Waals surface area contributed by atoms with E-state index in [4.69, 9.17) is 4.42 Å². The molecule has 0 atom stereocenters. The lowest BCUT2D eigenvalue weighted by molar-refractivity contribution is 0.629. The van der Waals surface area contributed by atoms with E-state index in [9.17, 15) is 0 Å². The molecule has 0 aliphatic heterocycles. The summed E-state index contributed by atoms with van der Waals surface area (Å²) < 4.78 is 8.52. The number of halogens is 1. The molecule has 0 saturated heterocycles. The number of benzene rings is 1. The van der Waals surface area contributed by atoms with Crippen molar-refractivity contribution in [2.24, 2.45) is 0 Å². The van der Waals surface area contributed by atoms with Crippen LogP contribution >= 0.6 is 27.3 Å². The zero-order valence-corrected chi connectivity index (χ0v) is 13.2. The third-order valence-electron chi connectivity index (χ3n) is 3.26. The number of rotatable bonds is 1. The average Bonchev–Trinajstić information content (AvgIpc) is 2.99. The molecule has 0 unspecified atom stereocenters. The number of imidazole rings is 1. The Morgan fingerprint density at radius 2 is 2.10 bits per heavy atom. The van der Waals surface area contributed by atoms with Crippen LogP contribution in [0.1, 0.15) is 11.1 Å². The molecule has 3 aromatic heterocycles. The van der Waals surface area contributed by atoms with Crippen molar-refractivity contribution in [3.05, 3.63) is 39.4 Å². The first-order valence-corrected chi connectivity index (χ1v) is 7.74. The maximum Gasteiger partial charge on any atom is 0.213 e. The lowest BCUT2D eigenvalue weighted by Gasteiger charge is -1.96. The lowest BCUT2D eigenvalue weighted by Crippen LogP contribution is -1.77. The highest BCUT2D eigenvalue weighted by molar-refractivity contribution is 9.11. The van der Waals surface area contributed by atoms with Crippen LogP contribution in [0.5, 0.6) is 0 Å². The molecular weight excluding hydrogens is 338 g/mol. The highest BCUT2D eigenvalue weighted by atomic mass is 79.9. The Hall–Kier alpha value is -1.66. The van der Waals surface area contributed by atoms with Gasteiger partial charge in [-0.3, -0.25) is 0 Å². The summed E-state index contributed by atoms with van der Waals surface area (Å²) in [5.74, 6) is 0.780. The van der Waals surface area contributed by atoms with Crippen LogP contribution in [0, 0.1) is 13.8 Å². The molecule has 0 saturated carbocycles. The van der Waals surface area contributed by atoms with Crippen molar-refractivity contribution in [1.82, 2.24) is 14.6 Å². The van der Waals surface area contributed by atoms with Crippen molar-refractivity contribution in [2.75, 3.05) is 0 Å². The van der Waals surface area contributed by atoms with Crippen LogP contribution < -0.4 is 0 Å². The van der Waals surface area contributed by atoms with Gasteiger partial charge in [-0.2, -0.15) is 0 Å². The zero-order valence-electron chi connectivity index (χ0n) is 10.8. The summed E-state index contributed by atoms with van der Waals surface area (Å²) in [5, 5.41) is 5.43. The molecule has 3 heterocycles. The molecule has 0 aliphatic carbocycles. The van der Waals surface area contributed by atoms with Gasteiger partial charge in [-0.15, -0.1) is 5.10 Å². The molecule has 0 bridgehead atoms. The standard InChI is InChI=1S/C14H10BrN3OS/c1-7-3-8(2)9-5-12(19-11(9)4-7)10-6-18-14(16-10)20-13(15)17-18/h3-6H,1-2H3. The minimum Gasteiger partial charge on any atom is -0.454 e. The van der Waals surface area contributed by atoms with Crippen LogP contribution in [-0.4, -0.2) is 14.6 Å². The second-order valence-corrected chi connectivity index (χ2v) is 7.04. The largest absolute Gasteiger partial charge is 0.454 e. The molecule has 0 N–H and O–H groups in total. The third-order valence-corrected chi connectivity index (χ3v) is 4.61. The molecule has 6 heteroatoms. The van der Waals surface area contributed by atoms with Gasteiger partial charge in [-0.1, -0.05) is 17.4 Å². The first kappa shape index (κ1) is 12.1. The van der Waals surface area contributed by atoms with E-state index in [0.29, 0.717) is 0 Å². The lowest BCUT2D eigenvalue weighted by atomic mass is 10.1. The van der Waals surface area contributed by atoms with Crippen molar-refractivity contribution in [2.45, 2.75) is 13.8 Å². The Bertz CT molecular complexity index is 919. The van der Waals surface area contributed by atoms with Crippen LogP contribution in [0.2, 0.25) is 0 Å². The SMILES string of the molecule is Cc1cc(C)c2cc(-c3cn4nc(Br)sc4n3)oc2c1. The first-order chi connectivity index (χ1) is 9.60. The van der Waals surface area contributed by atoms with Gasteiger partial charge in [0, 0.05) is 5.39 Å². The third kappa shape index (κ3) is 1.79. The van der Waals surface area contributed by atoms with Crippen LogP contribution in [-0.2, 0) is 0 Å². The number of fused-ring (bicyclic) bond motifs is 2. The van der Waals surface area contributed by atoms with Gasteiger partial charge < -0.3 is 4.42 Å². The van der Waals surface area contributed by atoms with Crippen LogP contribution in [0.4, 0.5) is 0 Å². The molecule has 0 radical (unpaired) electrons. The molecule has 100 valence electrons. The van der Waals surface area contributed by atoms with E-state index < -0.39 is 0 Å². The normalized spacial score (nSPS) is 11.8. The van der Waals surface area contributed by atoms with Crippen molar-refractivity contribution in [3.8, 4) is 11.5 Å². The monoisotopic (exact) mass is 347 g/mol. The number of nitrogens with zero attached hydrogens (tertiary/aromatic N) is 3. The van der Waals surface area contributed by atoms with E-state index in [1.54, 1.807) is 4.52 Å². The summed E-state index contributed by atoms with van der Waals surface area (Å²) in [5.41, 5.74) is 4.14. The van der Waals surface area contributed by atoms with Gasteiger partial charge in [0.1, 0.15) is 11.3 Å². The minimum atomic E-state index is 0.780. The fourth-order valence-electron chi connectivity index (χ4n) is 2.41. The summed E-state index contributed by atoms with van der Waals surface area (Å²) in [6.45, 7) is 4.17. The molecule has 4 aromatic rings. The van der Waals surface area contributed by atoms with Gasteiger partial charge in [0.15, 0.2) is 9.68 Å². The fraction of sp³-hybridized carbons (Fsp3) is 0.143. The molecule has 0 amide bonds. The van der Waals surface area contributed by atoms with Gasteiger partial charge in [0.05, 0.1) is 6.20 Å². The van der Waals surface area contributed by atoms with E-state index in [1.165, 1.54) is 22.5 Å². The quantitative estimate of drug-likeness (QED) is 0.506. The number of aryl methyl sites for hydroxylation is 2. The summed E-state index contributed by atoms with van der Waals surface area (Å²) in [6, 6.07) is 6.26. The van der Waals surface area contributed by atoms with Gasteiger partial charge in [0.2, 0.25) is 4.96 Å². The van der Waals surface area contributed by atoms with Gasteiger partial charge in [0.25, 0.3) is 0 Å². The van der Waals surface area contributed by atoms with E-state index in [0.717, 1.165) is 31.3 Å². The van der Waals surface area contributed by atoms with Crippen LogP contribution in [0.3, 0.4) is 0 Å². The zero-order chi connectivity index (χ0) is 13.9. The van der Waals surface area contributed by atoms with Crippen molar-refractivity contribution in [3.63, 3.8) is 0 Å². The number of hydrogen-bond donors (Lipinski definition) is 0. The first-order valence-electron chi connectivity index (χ1n) is 6.13. The maximum absolute atomic E-state index is 5.93. The summed E-state index contributed by atoms with van der Waals surface area (Å²) in [7, 11) is 0. The molecule has 4 rings (SSSR count). The fourth-order valence-corrected chi connectivity index (χ4v) is 3.62. The number of furan rings is 1. The summed E-state index contributed by atoms with van der Waals surface area (Å²) in [6.07, 6.45) is 1.89. The number of hydrogen-bond acceptors (Lipinski definition) is 4. The molecule has 0 aliphatic rings. The van der Waals surface area contributed by atoms with Crippen molar-refractivity contribution in [1.29, 1.82) is 0 Å². The molecular formula is C14H10BrN3OS. The van der Waals surface area contributed by atoms with E-state index in [2.05, 4.69) is 52.0 Å². The Labute approximate surface area is 127 Å². The second-order valence-electron chi connectivity index (χ2n) is 4.81. The van der Waals surface area contributed by atoms with Gasteiger partial charge >= 0.3 is 0 Å². The topological polar surface area (TPSA) is 43.3 Å². The van der Waals surface area contributed by atoms with E-state index >= 15 is 0 Å². The molecule has 0 fully saturated rings. The predicted octanol–water partition coefficient (Wildman–Crippen LogP) is 4.58. The Balaban J connectivity index is 1.92. The van der Waals surface area contributed by atoms with Crippen molar-refractivity contribution < 1.29 is 4.42 Å². The predicted molar refractivity (Wildman–Crippen MR) is 83.2 cm³/mol. The maximum atomic E-state index is 5.93. The molecule has 0 spiro atoms. The molecule has 20 heavy (non-hydrogen) atoms. The molecule has 4 nitrogen and oxygen atoms in total. The van der Waals surface area contributed by atoms with E-state index in [1.807, 2.05) is 12.3 Å². The summed E-state index contributed by atoms with van der Waals surface area (Å²) >= 11 is 4.85. The van der Waals surface area contributed by atoms with E-state index in [-0.39, 0.29) is 0 Å². The smallest absolute Gasteiger partial charge is 0.213 e. The van der Waals surface area contributed by atoms with Gasteiger partial charge in [-0.25, -0.2) is 9.50 Å². The Kier molecular flexibility index (Phi) is 2.52. The van der Waals surface area contributed by atoms with Gasteiger partial charge in [-0.05, 0) is 53.0 Å².